The molecule has 0 aliphatic rings. The van der Waals surface area contributed by atoms with Crippen molar-refractivity contribution in [2.75, 3.05) is 0 Å². The van der Waals surface area contributed by atoms with E-state index in [4.69, 9.17) is 0 Å². The summed E-state index contributed by atoms with van der Waals surface area (Å²) in [6.07, 6.45) is 1.23. The number of hydrogen-bond donors (Lipinski definition) is 1. The van der Waals surface area contributed by atoms with Gasteiger partial charge in [0.1, 0.15) is 5.69 Å². The van der Waals surface area contributed by atoms with Gasteiger partial charge < -0.3 is 5.11 Å². The van der Waals surface area contributed by atoms with Crippen molar-refractivity contribution in [2.45, 2.75) is 0 Å². The zero-order valence-electron chi connectivity index (χ0n) is 16.2. The van der Waals surface area contributed by atoms with Crippen LogP contribution in [0.15, 0.2) is 95.0 Å². The minimum absolute atomic E-state index is 0.0900. The van der Waals surface area contributed by atoms with Crippen molar-refractivity contribution in [1.82, 2.24) is 10.4 Å². The second-order valence-corrected chi connectivity index (χ2v) is 6.53. The predicted molar refractivity (Wildman–Crippen MR) is 118 cm³/mol. The van der Waals surface area contributed by atoms with Gasteiger partial charge in [-0.1, -0.05) is 54.3 Å². The first-order chi connectivity index (χ1) is 15.1. The zero-order chi connectivity index (χ0) is 21.6. The number of aliphatic imine (C=N–C) groups is 1. The second-order valence-electron chi connectivity index (χ2n) is 6.53. The molecule has 1 N–H and O–H groups in total. The van der Waals surface area contributed by atoms with E-state index in [9.17, 15) is 15.2 Å². The van der Waals surface area contributed by atoms with Gasteiger partial charge >= 0.3 is 0 Å². The summed E-state index contributed by atoms with van der Waals surface area (Å²) < 4.78 is 0. The molecule has 0 aliphatic carbocycles. The third kappa shape index (κ3) is 4.70. The number of hydrazone groups is 1. The highest BCUT2D eigenvalue weighted by Crippen LogP contribution is 2.19. The molecule has 0 fully saturated rings. The third-order valence-electron chi connectivity index (χ3n) is 4.42. The van der Waals surface area contributed by atoms with Crippen LogP contribution >= 0.6 is 0 Å². The van der Waals surface area contributed by atoms with Gasteiger partial charge in [-0.25, -0.2) is 9.98 Å². The molecule has 0 saturated carbocycles. The highest BCUT2D eigenvalue weighted by molar-refractivity contribution is 6.00. The third-order valence-corrected chi connectivity index (χ3v) is 4.42. The lowest BCUT2D eigenvalue weighted by atomic mass is 10.2. The minimum atomic E-state index is -0.564. The van der Waals surface area contributed by atoms with Crippen molar-refractivity contribution in [1.29, 1.82) is 0 Å². The number of nitrogens with zero attached hydrogens (tertiary/aromatic N) is 4. The summed E-state index contributed by atoms with van der Waals surface area (Å²) in [7, 11) is 0. The molecule has 0 atom stereocenters. The zero-order valence-corrected chi connectivity index (χ0v) is 16.2. The standard InChI is InChI=1S/C23H17N5O3/c29-22-13-11-19(28(30)31)14-17(22)15-24-27-23(25-18-7-2-1-3-8-18)21-12-10-16-6-4-5-9-20(16)26-21/h1-15,29H,(H,25,27)/p-1/b24-15-. The van der Waals surface area contributed by atoms with E-state index in [1.807, 2.05) is 66.7 Å². The van der Waals surface area contributed by atoms with E-state index in [1.165, 1.54) is 12.3 Å². The lowest BCUT2D eigenvalue weighted by Gasteiger charge is -2.10. The second kappa shape index (κ2) is 8.83. The summed E-state index contributed by atoms with van der Waals surface area (Å²) in [6.45, 7) is 0. The molecule has 0 unspecified atom stereocenters. The topological polar surface area (TPSA) is 116 Å². The number of hydrogen-bond acceptors (Lipinski definition) is 6. The van der Waals surface area contributed by atoms with Gasteiger partial charge in [0, 0.05) is 17.5 Å². The van der Waals surface area contributed by atoms with Crippen LogP contribution < -0.4 is 10.5 Å². The van der Waals surface area contributed by atoms with Gasteiger partial charge in [-0.15, -0.1) is 0 Å². The highest BCUT2D eigenvalue weighted by atomic mass is 16.6. The van der Waals surface area contributed by atoms with Crippen molar-refractivity contribution in [3.63, 3.8) is 0 Å². The molecule has 8 nitrogen and oxygen atoms in total. The summed E-state index contributed by atoms with van der Waals surface area (Å²) in [5.74, 6) is -0.00684. The van der Waals surface area contributed by atoms with Crippen molar-refractivity contribution >= 4 is 34.3 Å². The molecule has 0 spiro atoms. The van der Waals surface area contributed by atoms with Gasteiger partial charge in [-0.05, 0) is 29.8 Å². The van der Waals surface area contributed by atoms with Crippen LogP contribution in [0.5, 0.6) is 5.75 Å². The van der Waals surface area contributed by atoms with Crippen LogP contribution in [-0.2, 0) is 0 Å². The Morgan fingerprint density at radius 2 is 1.74 bits per heavy atom. The normalized spacial score (nSPS) is 11.7. The van der Waals surface area contributed by atoms with Crippen molar-refractivity contribution in [3.05, 3.63) is 106 Å². The van der Waals surface area contributed by atoms with Crippen molar-refractivity contribution in [2.24, 2.45) is 10.1 Å². The number of nitro groups is 1. The van der Waals surface area contributed by atoms with Gasteiger partial charge in [-0.2, -0.15) is 5.10 Å². The Balaban J connectivity index is 1.68. The summed E-state index contributed by atoms with van der Waals surface area (Å²) in [4.78, 5) is 19.6. The van der Waals surface area contributed by atoms with Crippen molar-refractivity contribution in [3.8, 4) is 5.75 Å². The summed E-state index contributed by atoms with van der Waals surface area (Å²) in [5, 5.41) is 28.0. The van der Waals surface area contributed by atoms with Crippen LogP contribution in [0.2, 0.25) is 0 Å². The number of fused-ring (bicyclic) bond motifs is 1. The Kier molecular flexibility index (Phi) is 5.62. The lowest BCUT2D eigenvalue weighted by molar-refractivity contribution is -0.385. The Hall–Kier alpha value is -4.59. The molecule has 3 aromatic carbocycles. The fourth-order valence-corrected chi connectivity index (χ4v) is 2.88. The maximum atomic E-state index is 12.0. The van der Waals surface area contributed by atoms with Gasteiger partial charge in [-0.3, -0.25) is 15.5 Å². The Labute approximate surface area is 177 Å². The molecule has 0 radical (unpaired) electrons. The first-order valence-electron chi connectivity index (χ1n) is 9.34. The van der Waals surface area contributed by atoms with Crippen LogP contribution in [0, 0.1) is 10.1 Å². The number of aromatic nitrogens is 1. The Morgan fingerprint density at radius 3 is 2.55 bits per heavy atom. The fourth-order valence-electron chi connectivity index (χ4n) is 2.88. The SMILES string of the molecule is O=[N+]([O-])c1ccc([O-])c(/C=N\NC(=Nc2ccccc2)c2ccc3ccccc3n2)c1. The van der Waals surface area contributed by atoms with Gasteiger partial charge in [0.15, 0.2) is 5.84 Å². The van der Waals surface area contributed by atoms with E-state index in [0.717, 1.165) is 23.0 Å². The van der Waals surface area contributed by atoms with Gasteiger partial charge in [0.25, 0.3) is 5.69 Å². The number of amidine groups is 1. The number of benzene rings is 3. The van der Waals surface area contributed by atoms with Crippen molar-refractivity contribution < 1.29 is 10.0 Å². The fraction of sp³-hybridized carbons (Fsp3) is 0. The van der Waals surface area contributed by atoms with Crippen LogP contribution in [0.3, 0.4) is 0 Å². The monoisotopic (exact) mass is 410 g/mol. The number of non-ortho nitro benzene ring substituents is 1. The molecule has 8 heteroatoms. The van der Waals surface area contributed by atoms with E-state index in [0.29, 0.717) is 17.2 Å². The maximum Gasteiger partial charge on any atom is 0.270 e. The van der Waals surface area contributed by atoms with Crippen LogP contribution in [0.4, 0.5) is 11.4 Å². The van der Waals surface area contributed by atoms with E-state index in [1.54, 1.807) is 0 Å². The Morgan fingerprint density at radius 1 is 0.968 bits per heavy atom. The molecule has 1 aromatic heterocycles. The van der Waals surface area contributed by atoms with Crippen LogP contribution in [0.1, 0.15) is 11.3 Å². The number of nitro benzene ring substituents is 1. The first kappa shape index (κ1) is 19.7. The summed E-state index contributed by atoms with van der Waals surface area (Å²) in [5.41, 5.74) is 4.77. The average molecular weight is 410 g/mol. The molecular weight excluding hydrogens is 394 g/mol. The molecule has 4 rings (SSSR count). The van der Waals surface area contributed by atoms with Gasteiger partial charge in [0.2, 0.25) is 0 Å². The minimum Gasteiger partial charge on any atom is -0.872 e. The largest absolute Gasteiger partial charge is 0.872 e. The molecular formula is C23H16N5O3-. The van der Waals surface area contributed by atoms with Crippen LogP contribution in [-0.4, -0.2) is 22.0 Å². The molecule has 4 aromatic rings. The number of rotatable bonds is 5. The molecule has 152 valence electrons. The molecule has 0 amide bonds. The molecule has 31 heavy (non-hydrogen) atoms. The smallest absolute Gasteiger partial charge is 0.270 e. The summed E-state index contributed by atoms with van der Waals surface area (Å²) in [6, 6.07) is 24.2. The molecule has 1 heterocycles. The van der Waals surface area contributed by atoms with Crippen LogP contribution in [0.25, 0.3) is 10.9 Å². The Bertz CT molecular complexity index is 1300. The summed E-state index contributed by atoms with van der Waals surface area (Å²) >= 11 is 0. The number of para-hydroxylation sites is 2. The number of pyridine rings is 1. The average Bonchev–Trinajstić information content (AvgIpc) is 2.80. The first-order valence-corrected chi connectivity index (χ1v) is 9.34. The van der Waals surface area contributed by atoms with Gasteiger partial charge in [0.05, 0.1) is 22.3 Å². The van der Waals surface area contributed by atoms with E-state index < -0.39 is 4.92 Å². The quantitative estimate of drug-likeness (QED) is 0.232. The molecule has 0 aliphatic heterocycles. The van der Waals surface area contributed by atoms with E-state index in [-0.39, 0.29) is 17.0 Å². The highest BCUT2D eigenvalue weighted by Gasteiger charge is 2.08. The lowest BCUT2D eigenvalue weighted by Crippen LogP contribution is -2.20. The molecule has 0 bridgehead atoms. The predicted octanol–water partition coefficient (Wildman–Crippen LogP) is 3.92. The maximum absolute atomic E-state index is 12.0. The van der Waals surface area contributed by atoms with E-state index in [2.05, 4.69) is 20.5 Å². The number of nitrogens with one attached hydrogen (secondary N) is 1. The molecule has 0 saturated heterocycles. The van der Waals surface area contributed by atoms with E-state index >= 15 is 0 Å².